The molecule has 1 aromatic carbocycles. The number of carbonyl (C=O) groups excluding carboxylic acids is 1. The normalized spacial score (nSPS) is 14.9. The van der Waals surface area contributed by atoms with Crippen LogP contribution in [-0.2, 0) is 4.79 Å². The quantitative estimate of drug-likeness (QED) is 0.806. The van der Waals surface area contributed by atoms with E-state index in [-0.39, 0.29) is 23.7 Å². The van der Waals surface area contributed by atoms with E-state index in [4.69, 9.17) is 5.73 Å². The molecule has 2 heteroatoms. The molecule has 1 aromatic rings. The Kier molecular flexibility index (Phi) is 3.89. The topological polar surface area (TPSA) is 43.1 Å². The van der Waals surface area contributed by atoms with Gasteiger partial charge in [-0.2, -0.15) is 0 Å². The van der Waals surface area contributed by atoms with Crippen molar-refractivity contribution in [1.82, 2.24) is 0 Å². The zero-order chi connectivity index (χ0) is 11.4. The van der Waals surface area contributed by atoms with Gasteiger partial charge in [-0.3, -0.25) is 4.79 Å². The van der Waals surface area contributed by atoms with E-state index in [1.165, 1.54) is 5.56 Å². The lowest BCUT2D eigenvalue weighted by Gasteiger charge is -2.24. The van der Waals surface area contributed by atoms with E-state index in [0.717, 1.165) is 0 Å². The molecule has 1 amide bonds. The Labute approximate surface area is 91.5 Å². The summed E-state index contributed by atoms with van der Waals surface area (Å²) < 4.78 is 0. The van der Waals surface area contributed by atoms with E-state index in [1.807, 2.05) is 44.2 Å². The van der Waals surface area contributed by atoms with Crippen LogP contribution < -0.4 is 5.73 Å². The molecule has 15 heavy (non-hydrogen) atoms. The van der Waals surface area contributed by atoms with E-state index in [0.29, 0.717) is 0 Å². The van der Waals surface area contributed by atoms with Crippen molar-refractivity contribution in [2.45, 2.75) is 26.7 Å². The molecule has 82 valence electrons. The molecule has 0 radical (unpaired) electrons. The molecule has 2 N–H and O–H groups in total. The van der Waals surface area contributed by atoms with Crippen molar-refractivity contribution in [2.24, 2.45) is 17.6 Å². The zero-order valence-corrected chi connectivity index (χ0v) is 9.60. The first-order chi connectivity index (χ1) is 7.04. The number of hydrogen-bond acceptors (Lipinski definition) is 1. The molecule has 2 atom stereocenters. The molecule has 0 aliphatic heterocycles. The van der Waals surface area contributed by atoms with Crippen LogP contribution in [0, 0.1) is 11.8 Å². The maximum Gasteiger partial charge on any atom is 0.221 e. The Bertz CT molecular complexity index is 319. The van der Waals surface area contributed by atoms with Gasteiger partial charge in [0, 0.05) is 5.92 Å². The second kappa shape index (κ2) is 4.96. The smallest absolute Gasteiger partial charge is 0.221 e. The van der Waals surface area contributed by atoms with E-state index < -0.39 is 0 Å². The molecule has 1 rings (SSSR count). The van der Waals surface area contributed by atoms with Crippen molar-refractivity contribution in [2.75, 3.05) is 0 Å². The van der Waals surface area contributed by atoms with Gasteiger partial charge in [0.15, 0.2) is 0 Å². The van der Waals surface area contributed by atoms with Gasteiger partial charge in [0.1, 0.15) is 0 Å². The summed E-state index contributed by atoms with van der Waals surface area (Å²) in [6.07, 6.45) is 0. The Balaban J connectivity index is 2.91. The Morgan fingerprint density at radius 2 is 1.67 bits per heavy atom. The second-order valence-corrected chi connectivity index (χ2v) is 4.37. The van der Waals surface area contributed by atoms with Crippen LogP contribution in [0.5, 0.6) is 0 Å². The summed E-state index contributed by atoms with van der Waals surface area (Å²) in [4.78, 5) is 11.4. The Morgan fingerprint density at radius 3 is 2.07 bits per heavy atom. The first-order valence-electron chi connectivity index (χ1n) is 5.38. The highest BCUT2D eigenvalue weighted by atomic mass is 16.1. The molecule has 2 nitrogen and oxygen atoms in total. The van der Waals surface area contributed by atoms with Gasteiger partial charge >= 0.3 is 0 Å². The van der Waals surface area contributed by atoms with E-state index in [2.05, 4.69) is 6.92 Å². The summed E-state index contributed by atoms with van der Waals surface area (Å²) >= 11 is 0. The second-order valence-electron chi connectivity index (χ2n) is 4.37. The van der Waals surface area contributed by atoms with Crippen LogP contribution in [0.1, 0.15) is 32.3 Å². The molecule has 0 saturated carbocycles. The van der Waals surface area contributed by atoms with Crippen molar-refractivity contribution in [1.29, 1.82) is 0 Å². The molecule has 0 heterocycles. The molecule has 0 aliphatic carbocycles. The summed E-state index contributed by atoms with van der Waals surface area (Å²) in [6.45, 7) is 6.13. The number of rotatable bonds is 4. The molecule has 0 aliphatic rings. The fraction of sp³-hybridized carbons (Fsp3) is 0.462. The maximum atomic E-state index is 11.4. The average molecular weight is 205 g/mol. The highest BCUT2D eigenvalue weighted by Crippen LogP contribution is 2.29. The minimum absolute atomic E-state index is 0.0904. The highest BCUT2D eigenvalue weighted by Gasteiger charge is 2.26. The summed E-state index contributed by atoms with van der Waals surface area (Å²) in [5, 5.41) is 0. The van der Waals surface area contributed by atoms with Gasteiger partial charge in [-0.1, -0.05) is 51.1 Å². The van der Waals surface area contributed by atoms with Crippen LogP contribution in [-0.4, -0.2) is 5.91 Å². The first-order valence-corrected chi connectivity index (χ1v) is 5.38. The third-order valence-corrected chi connectivity index (χ3v) is 2.91. The number of benzene rings is 1. The zero-order valence-electron chi connectivity index (χ0n) is 9.60. The summed E-state index contributed by atoms with van der Waals surface area (Å²) in [7, 11) is 0. The summed E-state index contributed by atoms with van der Waals surface area (Å²) in [6, 6.07) is 10.0. The third kappa shape index (κ3) is 2.82. The van der Waals surface area contributed by atoms with Crippen molar-refractivity contribution >= 4 is 5.91 Å². The van der Waals surface area contributed by atoms with Gasteiger partial charge in [-0.25, -0.2) is 0 Å². The minimum atomic E-state index is -0.207. The number of nitrogens with two attached hydrogens (primary N) is 1. The molecule has 0 spiro atoms. The number of carbonyl (C=O) groups is 1. The summed E-state index contributed by atoms with van der Waals surface area (Å²) in [5.74, 6) is 0.162. The molecular weight excluding hydrogens is 186 g/mol. The number of hydrogen-bond donors (Lipinski definition) is 1. The minimum Gasteiger partial charge on any atom is -0.369 e. The van der Waals surface area contributed by atoms with Gasteiger partial charge in [-0.05, 0) is 17.4 Å². The largest absolute Gasteiger partial charge is 0.369 e. The molecule has 0 unspecified atom stereocenters. The molecule has 0 aromatic heterocycles. The van der Waals surface area contributed by atoms with Crippen molar-refractivity contribution in [3.63, 3.8) is 0 Å². The standard InChI is InChI=1S/C13H19NO/c1-9(2)12(13(14)15)10(3)11-7-5-4-6-8-11/h4-10,12H,1-3H3,(H2,14,15)/t10-,12-/m0/s1. The third-order valence-electron chi connectivity index (χ3n) is 2.91. The SMILES string of the molecule is CC(C)[C@H](C(N)=O)[C@@H](C)c1ccccc1. The number of primary amides is 1. The number of amides is 1. The van der Waals surface area contributed by atoms with E-state index >= 15 is 0 Å². The van der Waals surface area contributed by atoms with E-state index in [9.17, 15) is 4.79 Å². The van der Waals surface area contributed by atoms with Gasteiger partial charge in [0.05, 0.1) is 0 Å². The molecule has 0 bridgehead atoms. The van der Waals surface area contributed by atoms with Gasteiger partial charge in [-0.15, -0.1) is 0 Å². The highest BCUT2D eigenvalue weighted by molar-refractivity contribution is 5.78. The summed E-state index contributed by atoms with van der Waals surface area (Å²) in [5.41, 5.74) is 6.61. The van der Waals surface area contributed by atoms with Crippen molar-refractivity contribution in [3.8, 4) is 0 Å². The van der Waals surface area contributed by atoms with Crippen LogP contribution in [0.15, 0.2) is 30.3 Å². The Morgan fingerprint density at radius 1 is 1.13 bits per heavy atom. The van der Waals surface area contributed by atoms with Gasteiger partial charge in [0.25, 0.3) is 0 Å². The molecular formula is C13H19NO. The van der Waals surface area contributed by atoms with Gasteiger partial charge in [0.2, 0.25) is 5.91 Å². The molecule has 0 saturated heterocycles. The van der Waals surface area contributed by atoms with Crippen LogP contribution in [0.4, 0.5) is 0 Å². The first kappa shape index (κ1) is 11.8. The van der Waals surface area contributed by atoms with E-state index in [1.54, 1.807) is 0 Å². The van der Waals surface area contributed by atoms with Crippen LogP contribution in [0.3, 0.4) is 0 Å². The predicted molar refractivity (Wildman–Crippen MR) is 62.4 cm³/mol. The van der Waals surface area contributed by atoms with Gasteiger partial charge < -0.3 is 5.73 Å². The fourth-order valence-corrected chi connectivity index (χ4v) is 2.12. The monoisotopic (exact) mass is 205 g/mol. The average Bonchev–Trinajstić information content (AvgIpc) is 2.18. The fourth-order valence-electron chi connectivity index (χ4n) is 2.12. The van der Waals surface area contributed by atoms with Crippen LogP contribution in [0.25, 0.3) is 0 Å². The maximum absolute atomic E-state index is 11.4. The predicted octanol–water partition coefficient (Wildman–Crippen LogP) is 2.55. The lowest BCUT2D eigenvalue weighted by atomic mass is 9.80. The van der Waals surface area contributed by atoms with Crippen LogP contribution >= 0.6 is 0 Å². The van der Waals surface area contributed by atoms with Crippen molar-refractivity contribution in [3.05, 3.63) is 35.9 Å². The lowest BCUT2D eigenvalue weighted by Crippen LogP contribution is -2.31. The lowest BCUT2D eigenvalue weighted by molar-refractivity contribution is -0.123. The Hall–Kier alpha value is -1.31. The van der Waals surface area contributed by atoms with Crippen LogP contribution in [0.2, 0.25) is 0 Å². The van der Waals surface area contributed by atoms with Crippen molar-refractivity contribution < 1.29 is 4.79 Å². The molecule has 0 fully saturated rings.